The maximum absolute atomic E-state index is 6.84. The van der Waals surface area contributed by atoms with Crippen LogP contribution in [0.4, 0.5) is 0 Å². The lowest BCUT2D eigenvalue weighted by atomic mass is 9.84. The normalized spacial score (nSPS) is 12.1. The molecule has 13 aromatic rings. The van der Waals surface area contributed by atoms with Crippen molar-refractivity contribution in [3.63, 3.8) is 0 Å². The lowest BCUT2D eigenvalue weighted by molar-refractivity contribution is 0.676. The smallest absolute Gasteiger partial charge is 0.143 e. The maximum atomic E-state index is 6.84. The van der Waals surface area contributed by atoms with E-state index in [1.807, 2.05) is 0 Å². The topological polar surface area (TPSA) is 13.1 Å². The standard InChI is InChI=1S/C58H34O/c1-2-14-42-35(12-1)13-11-23-46(42)55-50-20-8-6-18-48(50)54(49-19-7-9-21-51(49)55)41-27-26-37-32-36(24-25-38(37)34-41)39-28-30-43-40(33-39)29-31-53-56-47-17-5-3-15-44(47)45-16-4-10-22-52(45)58(56)59-57(43)53/h1-34H. The van der Waals surface area contributed by atoms with Crippen LogP contribution >= 0.6 is 0 Å². The summed E-state index contributed by atoms with van der Waals surface area (Å²) in [5.41, 5.74) is 9.36. The third kappa shape index (κ3) is 4.73. The van der Waals surface area contributed by atoms with E-state index in [2.05, 4.69) is 206 Å². The van der Waals surface area contributed by atoms with Crippen LogP contribution in [0.1, 0.15) is 0 Å². The summed E-state index contributed by atoms with van der Waals surface area (Å²) in [5, 5.41) is 19.6. The maximum Gasteiger partial charge on any atom is 0.143 e. The third-order valence-electron chi connectivity index (χ3n) is 12.8. The van der Waals surface area contributed by atoms with Gasteiger partial charge in [-0.1, -0.05) is 176 Å². The molecule has 0 saturated carbocycles. The van der Waals surface area contributed by atoms with E-state index in [4.69, 9.17) is 4.42 Å². The fourth-order valence-electron chi connectivity index (χ4n) is 10.1. The first kappa shape index (κ1) is 32.4. The van der Waals surface area contributed by atoms with Crippen molar-refractivity contribution in [2.45, 2.75) is 0 Å². The van der Waals surface area contributed by atoms with Crippen LogP contribution in [0, 0.1) is 0 Å². The van der Waals surface area contributed by atoms with Gasteiger partial charge < -0.3 is 4.42 Å². The second kappa shape index (κ2) is 12.4. The van der Waals surface area contributed by atoms with Gasteiger partial charge in [-0.05, 0) is 128 Å². The van der Waals surface area contributed by atoms with Gasteiger partial charge in [-0.25, -0.2) is 0 Å². The van der Waals surface area contributed by atoms with Gasteiger partial charge in [0.1, 0.15) is 11.2 Å². The highest BCUT2D eigenvalue weighted by Gasteiger charge is 2.20. The predicted molar refractivity (Wildman–Crippen MR) is 253 cm³/mol. The van der Waals surface area contributed by atoms with Gasteiger partial charge in [-0.15, -0.1) is 0 Å². The number of benzene rings is 12. The molecule has 0 atom stereocenters. The average Bonchev–Trinajstić information content (AvgIpc) is 3.71. The van der Waals surface area contributed by atoms with Crippen LogP contribution in [-0.4, -0.2) is 0 Å². The Morgan fingerprint density at radius 2 is 0.712 bits per heavy atom. The molecule has 272 valence electrons. The van der Waals surface area contributed by atoms with Crippen molar-refractivity contribution in [1.82, 2.24) is 0 Å². The van der Waals surface area contributed by atoms with Gasteiger partial charge >= 0.3 is 0 Å². The van der Waals surface area contributed by atoms with Gasteiger partial charge in [0.05, 0.1) is 0 Å². The largest absolute Gasteiger partial charge is 0.455 e. The molecule has 0 aliphatic heterocycles. The molecule has 0 N–H and O–H groups in total. The van der Waals surface area contributed by atoms with E-state index in [0.717, 1.165) is 27.3 Å². The second-order valence-electron chi connectivity index (χ2n) is 15.9. The van der Waals surface area contributed by atoms with E-state index in [0.29, 0.717) is 0 Å². The molecule has 1 nitrogen and oxygen atoms in total. The number of hydrogen-bond donors (Lipinski definition) is 0. The summed E-state index contributed by atoms with van der Waals surface area (Å²) in [4.78, 5) is 0. The minimum absolute atomic E-state index is 0.946. The Morgan fingerprint density at radius 1 is 0.237 bits per heavy atom. The molecule has 0 bridgehead atoms. The molecule has 12 aromatic carbocycles. The van der Waals surface area contributed by atoms with Crippen molar-refractivity contribution in [2.24, 2.45) is 0 Å². The minimum Gasteiger partial charge on any atom is -0.455 e. The molecule has 0 saturated heterocycles. The zero-order valence-electron chi connectivity index (χ0n) is 32.0. The first-order chi connectivity index (χ1) is 29.3. The molecule has 0 aliphatic rings. The summed E-state index contributed by atoms with van der Waals surface area (Å²) < 4.78 is 6.84. The van der Waals surface area contributed by atoms with Crippen molar-refractivity contribution in [3.8, 4) is 33.4 Å². The lowest BCUT2D eigenvalue weighted by Gasteiger charge is -2.19. The van der Waals surface area contributed by atoms with Crippen molar-refractivity contribution in [2.75, 3.05) is 0 Å². The van der Waals surface area contributed by atoms with Gasteiger partial charge in [0.15, 0.2) is 0 Å². The van der Waals surface area contributed by atoms with E-state index in [9.17, 15) is 0 Å². The van der Waals surface area contributed by atoms with Crippen molar-refractivity contribution >= 4 is 97.3 Å². The van der Waals surface area contributed by atoms with Crippen LogP contribution in [0.15, 0.2) is 211 Å². The molecule has 59 heavy (non-hydrogen) atoms. The minimum atomic E-state index is 0.946. The van der Waals surface area contributed by atoms with E-state index in [1.54, 1.807) is 0 Å². The summed E-state index contributed by atoms with van der Waals surface area (Å²) in [7, 11) is 0. The van der Waals surface area contributed by atoms with Crippen LogP contribution in [0.2, 0.25) is 0 Å². The predicted octanol–water partition coefficient (Wildman–Crippen LogP) is 16.7. The highest BCUT2D eigenvalue weighted by molar-refractivity contribution is 6.32. The highest BCUT2D eigenvalue weighted by atomic mass is 16.3. The molecule has 1 heterocycles. The van der Waals surface area contributed by atoms with Crippen molar-refractivity contribution < 1.29 is 4.42 Å². The number of rotatable bonds is 3. The Labute approximate surface area is 340 Å². The monoisotopic (exact) mass is 746 g/mol. The first-order valence-corrected chi connectivity index (χ1v) is 20.4. The summed E-state index contributed by atoms with van der Waals surface area (Å²) >= 11 is 0. The van der Waals surface area contributed by atoms with Crippen LogP contribution in [0.3, 0.4) is 0 Å². The molecular weight excluding hydrogens is 713 g/mol. The fourth-order valence-corrected chi connectivity index (χ4v) is 10.1. The molecule has 0 amide bonds. The Hall–Kier alpha value is -7.74. The summed E-state index contributed by atoms with van der Waals surface area (Å²) in [6.07, 6.45) is 0. The molecule has 1 heteroatoms. The molecule has 0 spiro atoms. The Morgan fingerprint density at radius 3 is 1.42 bits per heavy atom. The van der Waals surface area contributed by atoms with Crippen molar-refractivity contribution in [1.29, 1.82) is 0 Å². The van der Waals surface area contributed by atoms with Crippen molar-refractivity contribution in [3.05, 3.63) is 206 Å². The van der Waals surface area contributed by atoms with E-state index >= 15 is 0 Å². The zero-order chi connectivity index (χ0) is 38.6. The van der Waals surface area contributed by atoms with Crippen LogP contribution in [-0.2, 0) is 0 Å². The van der Waals surface area contributed by atoms with E-state index in [1.165, 1.54) is 103 Å². The molecule has 0 unspecified atom stereocenters. The molecule has 1 aromatic heterocycles. The summed E-state index contributed by atoms with van der Waals surface area (Å²) in [6, 6.07) is 75.7. The van der Waals surface area contributed by atoms with Gasteiger partial charge in [-0.2, -0.15) is 0 Å². The van der Waals surface area contributed by atoms with Gasteiger partial charge in [0, 0.05) is 21.5 Å². The second-order valence-corrected chi connectivity index (χ2v) is 15.9. The Balaban J connectivity index is 0.937. The molecule has 13 rings (SSSR count). The lowest BCUT2D eigenvalue weighted by Crippen LogP contribution is -1.91. The number of furan rings is 1. The Kier molecular flexibility index (Phi) is 6.79. The Bertz CT molecular complexity index is 3840. The van der Waals surface area contributed by atoms with Crippen LogP contribution < -0.4 is 0 Å². The molecule has 0 fully saturated rings. The molecular formula is C58H34O. The van der Waals surface area contributed by atoms with Crippen LogP contribution in [0.5, 0.6) is 0 Å². The average molecular weight is 747 g/mol. The van der Waals surface area contributed by atoms with Gasteiger partial charge in [0.2, 0.25) is 0 Å². The third-order valence-corrected chi connectivity index (χ3v) is 12.8. The fraction of sp³-hybridized carbons (Fsp3) is 0. The summed E-state index contributed by atoms with van der Waals surface area (Å²) in [6.45, 7) is 0. The van der Waals surface area contributed by atoms with Gasteiger partial charge in [-0.3, -0.25) is 0 Å². The SMILES string of the molecule is c1ccc2c(-c3c4ccccc4c(-c4ccc5cc(-c6ccc7c(ccc8c7oc7c9ccccc9c9ccccc9c87)c6)ccc5c4)c4ccccc34)cccc2c1. The van der Waals surface area contributed by atoms with E-state index < -0.39 is 0 Å². The van der Waals surface area contributed by atoms with Crippen LogP contribution in [0.25, 0.3) is 131 Å². The summed E-state index contributed by atoms with van der Waals surface area (Å²) in [5.74, 6) is 0. The molecule has 0 radical (unpaired) electrons. The zero-order valence-corrected chi connectivity index (χ0v) is 32.0. The molecule has 0 aliphatic carbocycles. The quantitative estimate of drug-likeness (QED) is 0.130. The van der Waals surface area contributed by atoms with Gasteiger partial charge in [0.25, 0.3) is 0 Å². The number of fused-ring (bicyclic) bond motifs is 14. The first-order valence-electron chi connectivity index (χ1n) is 20.4. The number of hydrogen-bond acceptors (Lipinski definition) is 1. The highest BCUT2D eigenvalue weighted by Crippen LogP contribution is 2.47. The van der Waals surface area contributed by atoms with E-state index in [-0.39, 0.29) is 0 Å².